The molecule has 0 saturated heterocycles. The normalized spacial score (nSPS) is 10.9. The highest BCUT2D eigenvalue weighted by molar-refractivity contribution is 8.01. The number of nitrogen functional groups attached to an aromatic ring is 1. The molecule has 0 aliphatic rings. The van der Waals surface area contributed by atoms with E-state index >= 15 is 0 Å². The molecule has 0 unspecified atom stereocenters. The number of thiazole rings is 1. The number of hydrogen-bond acceptors (Lipinski definition) is 5. The molecule has 3 nitrogen and oxygen atoms in total. The molecule has 5 heteroatoms. The fourth-order valence-electron chi connectivity index (χ4n) is 1.78. The van der Waals surface area contributed by atoms with E-state index in [1.54, 1.807) is 23.1 Å². The van der Waals surface area contributed by atoms with Crippen molar-refractivity contribution in [1.29, 1.82) is 0 Å². The molecule has 0 aliphatic heterocycles. The Morgan fingerprint density at radius 2 is 2.11 bits per heavy atom. The van der Waals surface area contributed by atoms with Crippen LogP contribution in [0.3, 0.4) is 0 Å². The van der Waals surface area contributed by atoms with E-state index in [0.717, 1.165) is 26.5 Å². The highest BCUT2D eigenvalue weighted by Gasteiger charge is 2.08. The summed E-state index contributed by atoms with van der Waals surface area (Å²) in [7, 11) is 0. The van der Waals surface area contributed by atoms with Gasteiger partial charge < -0.3 is 5.73 Å². The van der Waals surface area contributed by atoms with Crippen LogP contribution in [0.15, 0.2) is 45.2 Å². The fourth-order valence-corrected chi connectivity index (χ4v) is 3.49. The summed E-state index contributed by atoms with van der Waals surface area (Å²) in [5.74, 6) is 0. The molecular formula is C13H11N3S2. The number of nitrogens with zero attached hydrogens (tertiary/aromatic N) is 2. The predicted octanol–water partition coefficient (Wildman–Crippen LogP) is 3.73. The average Bonchev–Trinajstić information content (AvgIpc) is 2.86. The third-order valence-corrected chi connectivity index (χ3v) is 4.60. The Morgan fingerprint density at radius 3 is 2.89 bits per heavy atom. The largest absolute Gasteiger partial charge is 0.398 e. The Bertz CT molecular complexity index is 693. The number of aromatic nitrogens is 2. The van der Waals surface area contributed by atoms with Gasteiger partial charge in [0.25, 0.3) is 0 Å². The summed E-state index contributed by atoms with van der Waals surface area (Å²) in [6, 6.07) is 6.04. The number of nitrogens with two attached hydrogens (primary N) is 1. The summed E-state index contributed by atoms with van der Waals surface area (Å²) >= 11 is 3.30. The lowest BCUT2D eigenvalue weighted by molar-refractivity contribution is 1.22. The summed E-state index contributed by atoms with van der Waals surface area (Å²) in [4.78, 5) is 9.77. The van der Waals surface area contributed by atoms with Crippen molar-refractivity contribution in [2.45, 2.75) is 16.2 Å². The number of anilines is 1. The van der Waals surface area contributed by atoms with Crippen molar-refractivity contribution in [1.82, 2.24) is 9.97 Å². The SMILES string of the molecule is Cc1cc2c(Sc3nccs3)ccc(N)c2cn1. The van der Waals surface area contributed by atoms with Crippen molar-refractivity contribution in [3.63, 3.8) is 0 Å². The molecule has 0 spiro atoms. The Morgan fingerprint density at radius 1 is 1.22 bits per heavy atom. The van der Waals surface area contributed by atoms with Crippen LogP contribution in [0.2, 0.25) is 0 Å². The van der Waals surface area contributed by atoms with Crippen LogP contribution in [0.4, 0.5) is 5.69 Å². The van der Waals surface area contributed by atoms with Crippen molar-refractivity contribution in [2.24, 2.45) is 0 Å². The van der Waals surface area contributed by atoms with Crippen molar-refractivity contribution in [2.75, 3.05) is 5.73 Å². The van der Waals surface area contributed by atoms with Crippen LogP contribution in [0.5, 0.6) is 0 Å². The maximum Gasteiger partial charge on any atom is 0.154 e. The topological polar surface area (TPSA) is 51.8 Å². The highest BCUT2D eigenvalue weighted by atomic mass is 32.2. The van der Waals surface area contributed by atoms with Crippen molar-refractivity contribution in [3.8, 4) is 0 Å². The van der Waals surface area contributed by atoms with Gasteiger partial charge in [-0.25, -0.2) is 4.98 Å². The van der Waals surface area contributed by atoms with Gasteiger partial charge in [0.1, 0.15) is 0 Å². The van der Waals surface area contributed by atoms with E-state index in [0.29, 0.717) is 0 Å². The molecule has 2 heterocycles. The average molecular weight is 273 g/mol. The van der Waals surface area contributed by atoms with Gasteiger partial charge in [0.15, 0.2) is 4.34 Å². The number of rotatable bonds is 2. The number of aryl methyl sites for hydroxylation is 1. The first-order valence-corrected chi connectivity index (χ1v) is 7.16. The molecule has 3 aromatic rings. The second kappa shape index (κ2) is 4.59. The van der Waals surface area contributed by atoms with Gasteiger partial charge in [0.2, 0.25) is 0 Å². The van der Waals surface area contributed by atoms with Gasteiger partial charge >= 0.3 is 0 Å². The van der Waals surface area contributed by atoms with Gasteiger partial charge in [-0.15, -0.1) is 11.3 Å². The Hall–Kier alpha value is -1.59. The third-order valence-electron chi connectivity index (χ3n) is 2.64. The van der Waals surface area contributed by atoms with E-state index in [4.69, 9.17) is 5.73 Å². The van der Waals surface area contributed by atoms with E-state index < -0.39 is 0 Å². The van der Waals surface area contributed by atoms with Gasteiger partial charge in [-0.1, -0.05) is 11.8 Å². The number of hydrogen-bond donors (Lipinski definition) is 1. The molecule has 18 heavy (non-hydrogen) atoms. The van der Waals surface area contributed by atoms with E-state index in [1.165, 1.54) is 4.90 Å². The summed E-state index contributed by atoms with van der Waals surface area (Å²) in [6.45, 7) is 1.99. The Kier molecular flexibility index (Phi) is 2.93. The van der Waals surface area contributed by atoms with Crippen LogP contribution in [0, 0.1) is 6.92 Å². The minimum atomic E-state index is 0.765. The van der Waals surface area contributed by atoms with Crippen LogP contribution < -0.4 is 5.73 Å². The van der Waals surface area contributed by atoms with Gasteiger partial charge in [0, 0.05) is 44.8 Å². The lowest BCUT2D eigenvalue weighted by Crippen LogP contribution is -1.90. The number of fused-ring (bicyclic) bond motifs is 1. The zero-order chi connectivity index (χ0) is 12.5. The second-order valence-corrected chi connectivity index (χ2v) is 6.11. The van der Waals surface area contributed by atoms with E-state index in [9.17, 15) is 0 Å². The van der Waals surface area contributed by atoms with Crippen LogP contribution in [-0.4, -0.2) is 9.97 Å². The molecule has 2 aromatic heterocycles. The molecule has 0 atom stereocenters. The molecule has 0 fully saturated rings. The quantitative estimate of drug-likeness (QED) is 0.723. The molecule has 0 radical (unpaired) electrons. The summed E-state index contributed by atoms with van der Waals surface area (Å²) in [5.41, 5.74) is 7.75. The molecule has 2 N–H and O–H groups in total. The van der Waals surface area contributed by atoms with Crippen molar-refractivity contribution < 1.29 is 0 Å². The van der Waals surface area contributed by atoms with Crippen molar-refractivity contribution in [3.05, 3.63) is 41.7 Å². The Labute approximate surface area is 113 Å². The van der Waals surface area contributed by atoms with Crippen LogP contribution in [-0.2, 0) is 0 Å². The third kappa shape index (κ3) is 2.07. The van der Waals surface area contributed by atoms with E-state index in [2.05, 4.69) is 16.0 Å². The zero-order valence-corrected chi connectivity index (χ0v) is 11.4. The number of pyridine rings is 1. The molecule has 3 rings (SSSR count). The van der Waals surface area contributed by atoms with Gasteiger partial charge in [-0.05, 0) is 25.1 Å². The standard InChI is InChI=1S/C13H11N3S2/c1-8-6-9-10(7-16-8)11(14)2-3-12(9)18-13-15-4-5-17-13/h2-7H,14H2,1H3. The molecule has 0 bridgehead atoms. The molecule has 90 valence electrons. The molecule has 0 aliphatic carbocycles. The second-order valence-electron chi connectivity index (χ2n) is 3.92. The minimum Gasteiger partial charge on any atom is -0.398 e. The lowest BCUT2D eigenvalue weighted by Gasteiger charge is -2.07. The smallest absolute Gasteiger partial charge is 0.154 e. The highest BCUT2D eigenvalue weighted by Crippen LogP contribution is 2.36. The maximum atomic E-state index is 5.99. The van der Waals surface area contributed by atoms with Crippen LogP contribution in [0.25, 0.3) is 10.8 Å². The first-order valence-electron chi connectivity index (χ1n) is 5.46. The predicted molar refractivity (Wildman–Crippen MR) is 77.1 cm³/mol. The molecule has 1 aromatic carbocycles. The Balaban J connectivity index is 2.17. The summed E-state index contributed by atoms with van der Waals surface area (Å²) < 4.78 is 1.04. The van der Waals surface area contributed by atoms with Gasteiger partial charge in [-0.3, -0.25) is 4.98 Å². The maximum absolute atomic E-state index is 5.99. The van der Waals surface area contributed by atoms with Crippen LogP contribution >= 0.6 is 23.1 Å². The van der Waals surface area contributed by atoms with E-state index in [1.807, 2.05) is 36.8 Å². The lowest BCUT2D eigenvalue weighted by atomic mass is 10.1. The minimum absolute atomic E-state index is 0.765. The number of benzene rings is 1. The monoisotopic (exact) mass is 273 g/mol. The summed E-state index contributed by atoms with van der Waals surface area (Å²) in [5, 5.41) is 4.12. The van der Waals surface area contributed by atoms with Crippen molar-refractivity contribution >= 4 is 39.6 Å². The van der Waals surface area contributed by atoms with Gasteiger partial charge in [0.05, 0.1) is 0 Å². The first-order chi connectivity index (χ1) is 8.74. The van der Waals surface area contributed by atoms with Gasteiger partial charge in [-0.2, -0.15) is 0 Å². The summed E-state index contributed by atoms with van der Waals surface area (Å²) in [6.07, 6.45) is 3.66. The molecule has 0 saturated carbocycles. The fraction of sp³-hybridized carbons (Fsp3) is 0.0769. The van der Waals surface area contributed by atoms with Crippen LogP contribution in [0.1, 0.15) is 5.69 Å². The van der Waals surface area contributed by atoms with E-state index in [-0.39, 0.29) is 0 Å². The molecule has 0 amide bonds. The zero-order valence-electron chi connectivity index (χ0n) is 9.75. The first kappa shape index (κ1) is 11.5. The molecular weight excluding hydrogens is 262 g/mol.